The molecule has 1 aromatic carbocycles. The number of hydrogen-bond donors (Lipinski definition) is 2. The van der Waals surface area contributed by atoms with E-state index in [9.17, 15) is 18.0 Å². The van der Waals surface area contributed by atoms with Crippen molar-refractivity contribution in [3.05, 3.63) is 64.4 Å². The Morgan fingerprint density at radius 1 is 1.36 bits per heavy atom. The summed E-state index contributed by atoms with van der Waals surface area (Å²) >= 11 is 1.55. The first-order valence-electron chi connectivity index (χ1n) is 9.86. The molecule has 33 heavy (non-hydrogen) atoms. The molecular weight excluding hydrogens is 450 g/mol. The number of nitriles is 1. The Bertz CT molecular complexity index is 1200. The van der Waals surface area contributed by atoms with Gasteiger partial charge >= 0.3 is 6.18 Å². The second-order valence-corrected chi connectivity index (χ2v) is 8.41. The van der Waals surface area contributed by atoms with Gasteiger partial charge in [0.2, 0.25) is 5.91 Å². The lowest BCUT2D eigenvalue weighted by Crippen LogP contribution is -2.32. The lowest BCUT2D eigenvalue weighted by atomic mass is 9.85. The second kappa shape index (κ2) is 10.1. The number of thioether (sulfide) groups is 1. The molecule has 1 aliphatic rings. The normalized spacial score (nSPS) is 14.7. The Labute approximate surface area is 194 Å². The highest BCUT2D eigenvalue weighted by Crippen LogP contribution is 2.29. The van der Waals surface area contributed by atoms with Crippen molar-refractivity contribution in [2.45, 2.75) is 19.0 Å². The van der Waals surface area contributed by atoms with E-state index < -0.39 is 17.8 Å². The fraction of sp³-hybridized carbons (Fsp3) is 0.273. The molecule has 6 nitrogen and oxygen atoms in total. The highest BCUT2D eigenvalue weighted by atomic mass is 32.2. The van der Waals surface area contributed by atoms with Crippen molar-refractivity contribution >= 4 is 42.3 Å². The zero-order valence-corrected chi connectivity index (χ0v) is 18.5. The predicted molar refractivity (Wildman–Crippen MR) is 122 cm³/mol. The SMILES string of the molecule is [B]C1=CCCSCC(NC(=O)Cc2ccc3ccc(C(F)(F)F)nc3c2)=C1C(=N)N(C)C#N. The zero-order chi connectivity index (χ0) is 24.2. The third kappa shape index (κ3) is 5.96. The Balaban J connectivity index is 1.88. The van der Waals surface area contributed by atoms with Crippen molar-refractivity contribution in [1.29, 1.82) is 10.7 Å². The Kier molecular flexibility index (Phi) is 7.48. The van der Waals surface area contributed by atoms with E-state index >= 15 is 0 Å². The van der Waals surface area contributed by atoms with Crippen LogP contribution in [-0.4, -0.2) is 48.0 Å². The number of carbonyl (C=O) groups excluding carboxylic acids is 1. The van der Waals surface area contributed by atoms with Gasteiger partial charge in [0.25, 0.3) is 0 Å². The zero-order valence-electron chi connectivity index (χ0n) is 17.7. The number of amidine groups is 1. The second-order valence-electron chi connectivity index (χ2n) is 7.31. The summed E-state index contributed by atoms with van der Waals surface area (Å²) in [5, 5.41) is 20.8. The highest BCUT2D eigenvalue weighted by Gasteiger charge is 2.32. The number of benzene rings is 1. The molecule has 2 N–H and O–H groups in total. The van der Waals surface area contributed by atoms with Crippen molar-refractivity contribution in [3.63, 3.8) is 0 Å². The van der Waals surface area contributed by atoms with Crippen molar-refractivity contribution in [2.24, 2.45) is 0 Å². The van der Waals surface area contributed by atoms with Gasteiger partial charge < -0.3 is 5.32 Å². The molecule has 0 spiro atoms. The van der Waals surface area contributed by atoms with Gasteiger partial charge in [-0.05, 0) is 29.9 Å². The number of nitrogens with one attached hydrogen (secondary N) is 2. The molecule has 0 saturated carbocycles. The minimum atomic E-state index is -4.56. The topological polar surface area (TPSA) is 92.9 Å². The summed E-state index contributed by atoms with van der Waals surface area (Å²) in [4.78, 5) is 17.5. The van der Waals surface area contributed by atoms with Crippen molar-refractivity contribution < 1.29 is 18.0 Å². The van der Waals surface area contributed by atoms with Gasteiger partial charge in [0.15, 0.2) is 6.19 Å². The van der Waals surface area contributed by atoms with E-state index in [1.807, 2.05) is 6.19 Å². The molecular formula is C22H19BF3N5OS. The minimum absolute atomic E-state index is 0.111. The van der Waals surface area contributed by atoms with Gasteiger partial charge in [-0.3, -0.25) is 15.1 Å². The molecule has 0 bridgehead atoms. The molecule has 0 fully saturated rings. The average molecular weight is 469 g/mol. The summed E-state index contributed by atoms with van der Waals surface area (Å²) in [5.74, 6) is 0.590. The first kappa shape index (κ1) is 24.4. The largest absolute Gasteiger partial charge is 0.433 e. The molecule has 3 rings (SSSR count). The van der Waals surface area contributed by atoms with Crippen LogP contribution in [0.2, 0.25) is 0 Å². The maximum atomic E-state index is 13.0. The van der Waals surface area contributed by atoms with Crippen molar-refractivity contribution in [1.82, 2.24) is 15.2 Å². The summed E-state index contributed by atoms with van der Waals surface area (Å²) in [6, 6.07) is 6.97. The number of fused-ring (bicyclic) bond motifs is 1. The van der Waals surface area contributed by atoms with E-state index in [4.69, 9.17) is 18.5 Å². The quantitative estimate of drug-likeness (QED) is 0.234. The number of rotatable bonds is 4. The standard InChI is InChI=1S/C22H19BF3N5OS/c1-31(12-27)21(28)20-15(23)3-2-8-33-11-17(20)30-19(32)10-13-4-5-14-6-7-18(22(24,25)26)29-16(14)9-13/h3-7,9,28H,2,8,10-11H2,1H3,(H,30,32). The fourth-order valence-corrected chi connectivity index (χ4v) is 4.09. The molecule has 168 valence electrons. The maximum absolute atomic E-state index is 13.0. The number of aromatic nitrogens is 1. The Hall–Kier alpha value is -3.26. The van der Waals surface area contributed by atoms with Crippen molar-refractivity contribution in [3.8, 4) is 6.19 Å². The molecule has 1 aliphatic heterocycles. The van der Waals surface area contributed by atoms with Gasteiger partial charge in [-0.1, -0.05) is 29.7 Å². The van der Waals surface area contributed by atoms with Crippen LogP contribution in [0, 0.1) is 16.9 Å². The first-order chi connectivity index (χ1) is 15.6. The lowest BCUT2D eigenvalue weighted by molar-refractivity contribution is -0.141. The summed E-state index contributed by atoms with van der Waals surface area (Å²) < 4.78 is 38.9. The monoisotopic (exact) mass is 469 g/mol. The molecule has 0 saturated heterocycles. The van der Waals surface area contributed by atoms with Crippen LogP contribution in [0.15, 0.2) is 53.2 Å². The average Bonchev–Trinajstić information content (AvgIpc) is 2.75. The number of halogens is 3. The summed E-state index contributed by atoms with van der Waals surface area (Å²) in [7, 11) is 7.56. The fourth-order valence-electron chi connectivity index (χ4n) is 3.24. The van der Waals surface area contributed by atoms with Gasteiger partial charge in [0, 0.05) is 29.5 Å². The number of hydrogen-bond acceptors (Lipinski definition) is 5. The third-order valence-corrected chi connectivity index (χ3v) is 5.90. The predicted octanol–water partition coefficient (Wildman–Crippen LogP) is 3.75. The van der Waals surface area contributed by atoms with Crippen LogP contribution in [0.3, 0.4) is 0 Å². The van der Waals surface area contributed by atoms with E-state index in [1.54, 1.807) is 30.0 Å². The van der Waals surface area contributed by atoms with Crippen LogP contribution < -0.4 is 5.32 Å². The molecule has 2 heterocycles. The molecule has 0 aliphatic carbocycles. The maximum Gasteiger partial charge on any atom is 0.433 e. The highest BCUT2D eigenvalue weighted by molar-refractivity contribution is 7.99. The number of pyridine rings is 1. The smallest absolute Gasteiger partial charge is 0.328 e. The van der Waals surface area contributed by atoms with E-state index in [1.165, 1.54) is 19.2 Å². The Morgan fingerprint density at radius 3 is 2.79 bits per heavy atom. The van der Waals surface area contributed by atoms with Crippen LogP contribution in [0.1, 0.15) is 17.7 Å². The minimum Gasteiger partial charge on any atom is -0.328 e. The number of allylic oxidation sites excluding steroid dienone is 1. The van der Waals surface area contributed by atoms with E-state index in [2.05, 4.69) is 10.3 Å². The van der Waals surface area contributed by atoms with Crippen LogP contribution >= 0.6 is 11.8 Å². The number of nitrogens with zero attached hydrogens (tertiary/aromatic N) is 3. The van der Waals surface area contributed by atoms with Gasteiger partial charge in [-0.15, -0.1) is 0 Å². The van der Waals surface area contributed by atoms with Gasteiger partial charge in [-0.25, -0.2) is 4.98 Å². The van der Waals surface area contributed by atoms with Crippen molar-refractivity contribution in [2.75, 3.05) is 18.6 Å². The molecule has 1 amide bonds. The van der Waals surface area contributed by atoms with Crippen LogP contribution in [0.4, 0.5) is 13.2 Å². The van der Waals surface area contributed by atoms with Crippen LogP contribution in [-0.2, 0) is 17.4 Å². The molecule has 2 aromatic rings. The van der Waals surface area contributed by atoms with Crippen LogP contribution in [0.5, 0.6) is 0 Å². The van der Waals surface area contributed by atoms with E-state index in [-0.39, 0.29) is 23.3 Å². The molecule has 2 radical (unpaired) electrons. The molecule has 11 heteroatoms. The van der Waals surface area contributed by atoms with Gasteiger partial charge in [-0.2, -0.15) is 30.2 Å². The molecule has 1 aromatic heterocycles. The summed E-state index contributed by atoms with van der Waals surface area (Å²) in [6.07, 6.45) is -0.382. The first-order valence-corrected chi connectivity index (χ1v) is 11.0. The molecule has 0 atom stereocenters. The van der Waals surface area contributed by atoms with E-state index in [0.717, 1.165) is 16.7 Å². The number of alkyl halides is 3. The molecule has 0 unspecified atom stereocenters. The van der Waals surface area contributed by atoms with E-state index in [0.29, 0.717) is 34.3 Å². The Morgan fingerprint density at radius 2 is 2.09 bits per heavy atom. The van der Waals surface area contributed by atoms with Gasteiger partial charge in [0.05, 0.1) is 11.9 Å². The number of likely N-dealkylation sites (N-methyl/N-ethyl adjacent to an activating group) is 1. The lowest BCUT2D eigenvalue weighted by Gasteiger charge is -2.22. The third-order valence-electron chi connectivity index (χ3n) is 4.89. The summed E-state index contributed by atoms with van der Waals surface area (Å²) in [5.41, 5.74) is 0.604. The summed E-state index contributed by atoms with van der Waals surface area (Å²) in [6.45, 7) is 0. The number of carbonyl (C=O) groups is 1. The number of amides is 1. The van der Waals surface area contributed by atoms with Crippen LogP contribution in [0.25, 0.3) is 10.9 Å². The van der Waals surface area contributed by atoms with Gasteiger partial charge in [0.1, 0.15) is 19.4 Å².